The lowest BCUT2D eigenvalue weighted by Crippen LogP contribution is -2.40. The molecule has 0 atom stereocenters. The minimum atomic E-state index is -0.293. The molecule has 0 bridgehead atoms. The van der Waals surface area contributed by atoms with Crippen molar-refractivity contribution in [1.29, 1.82) is 0 Å². The first-order chi connectivity index (χ1) is 20.3. The molecule has 1 fully saturated rings. The maximum absolute atomic E-state index is 13.0. The second kappa shape index (κ2) is 13.1. The molecule has 4 aromatic rings. The number of ether oxygens (including phenoxy) is 1. The van der Waals surface area contributed by atoms with Crippen molar-refractivity contribution in [2.75, 3.05) is 42.7 Å². The van der Waals surface area contributed by atoms with E-state index in [0.717, 1.165) is 21.8 Å². The summed E-state index contributed by atoms with van der Waals surface area (Å²) in [5.74, 6) is 0.878. The standard InChI is InChI=1S/C32H33N5O4S/c1-4-42-25-14-10-22(11-15-25)30(38)35-27-7-5-6-26(21(27)2)28-20-36(3)32(40)29(34-28)33-24-12-8-23(9-13-24)31(39)37-16-18-41-19-17-37/h5-15,20H,4,16-19H2,1-3H3,(H,33,34)(H,35,38). The molecular formula is C32H33N5O4S. The monoisotopic (exact) mass is 583 g/mol. The number of benzene rings is 3. The largest absolute Gasteiger partial charge is 0.378 e. The van der Waals surface area contributed by atoms with Gasteiger partial charge in [0.1, 0.15) is 0 Å². The van der Waals surface area contributed by atoms with E-state index in [1.54, 1.807) is 54.2 Å². The van der Waals surface area contributed by atoms with Gasteiger partial charge in [0.25, 0.3) is 17.4 Å². The van der Waals surface area contributed by atoms with E-state index in [-0.39, 0.29) is 23.2 Å². The number of amides is 2. The van der Waals surface area contributed by atoms with E-state index in [4.69, 9.17) is 4.74 Å². The van der Waals surface area contributed by atoms with E-state index < -0.39 is 0 Å². The summed E-state index contributed by atoms with van der Waals surface area (Å²) < 4.78 is 6.81. The summed E-state index contributed by atoms with van der Waals surface area (Å²) in [6, 6.07) is 20.1. The predicted octanol–water partition coefficient (Wildman–Crippen LogP) is 5.34. The molecule has 1 aromatic heterocycles. The van der Waals surface area contributed by atoms with Gasteiger partial charge in [-0.2, -0.15) is 0 Å². The fraction of sp³-hybridized carbons (Fsp3) is 0.250. The van der Waals surface area contributed by atoms with E-state index in [2.05, 4.69) is 22.5 Å². The number of nitrogens with one attached hydrogen (secondary N) is 2. The summed E-state index contributed by atoms with van der Waals surface area (Å²) in [5, 5.41) is 6.12. The van der Waals surface area contributed by atoms with Crippen LogP contribution in [0.25, 0.3) is 11.3 Å². The molecule has 10 heteroatoms. The second-order valence-corrected chi connectivity index (χ2v) is 11.2. The van der Waals surface area contributed by atoms with Crippen LogP contribution in [-0.2, 0) is 11.8 Å². The van der Waals surface area contributed by atoms with Gasteiger partial charge in [0, 0.05) is 59.3 Å². The van der Waals surface area contributed by atoms with Crippen molar-refractivity contribution in [2.45, 2.75) is 18.7 Å². The minimum absolute atomic E-state index is 0.0455. The number of aryl methyl sites for hydroxylation is 1. The third kappa shape index (κ3) is 6.56. The zero-order valence-corrected chi connectivity index (χ0v) is 24.7. The Morgan fingerprint density at radius 1 is 0.976 bits per heavy atom. The minimum Gasteiger partial charge on any atom is -0.378 e. The first-order valence-electron chi connectivity index (χ1n) is 13.8. The van der Waals surface area contributed by atoms with Gasteiger partial charge in [-0.25, -0.2) is 4.98 Å². The third-order valence-electron chi connectivity index (χ3n) is 7.05. The lowest BCUT2D eigenvalue weighted by molar-refractivity contribution is 0.0303. The molecule has 2 N–H and O–H groups in total. The van der Waals surface area contributed by atoms with Gasteiger partial charge in [-0.1, -0.05) is 19.1 Å². The lowest BCUT2D eigenvalue weighted by atomic mass is 10.0. The molecule has 2 amide bonds. The first-order valence-corrected chi connectivity index (χ1v) is 14.8. The topological polar surface area (TPSA) is 106 Å². The number of carbonyl (C=O) groups is 2. The number of thioether (sulfide) groups is 1. The molecule has 0 saturated carbocycles. The highest BCUT2D eigenvalue weighted by Gasteiger charge is 2.19. The van der Waals surface area contributed by atoms with Crippen molar-refractivity contribution < 1.29 is 14.3 Å². The van der Waals surface area contributed by atoms with E-state index >= 15 is 0 Å². The molecule has 9 nitrogen and oxygen atoms in total. The van der Waals surface area contributed by atoms with E-state index in [1.807, 2.05) is 49.4 Å². The molecule has 0 unspecified atom stereocenters. The number of carbonyl (C=O) groups excluding carboxylic acids is 2. The normalized spacial score (nSPS) is 13.1. The van der Waals surface area contributed by atoms with Gasteiger partial charge >= 0.3 is 0 Å². The van der Waals surface area contributed by atoms with Gasteiger partial charge in [0.2, 0.25) is 0 Å². The molecule has 0 aliphatic carbocycles. The van der Waals surface area contributed by atoms with Crippen molar-refractivity contribution in [3.05, 3.63) is 100.0 Å². The number of hydrogen-bond donors (Lipinski definition) is 2. The molecule has 0 radical (unpaired) electrons. The van der Waals surface area contributed by atoms with Crippen LogP contribution in [0.15, 0.2) is 82.6 Å². The molecule has 2 heterocycles. The summed E-state index contributed by atoms with van der Waals surface area (Å²) in [4.78, 5) is 46.3. The number of aromatic nitrogens is 2. The Bertz CT molecular complexity index is 1650. The maximum atomic E-state index is 13.0. The zero-order valence-electron chi connectivity index (χ0n) is 23.8. The van der Waals surface area contributed by atoms with E-state index in [0.29, 0.717) is 54.5 Å². The van der Waals surface area contributed by atoms with Crippen molar-refractivity contribution in [2.24, 2.45) is 7.05 Å². The molecule has 1 aliphatic heterocycles. The average Bonchev–Trinajstić information content (AvgIpc) is 3.01. The van der Waals surface area contributed by atoms with E-state index in [1.165, 1.54) is 4.57 Å². The highest BCUT2D eigenvalue weighted by atomic mass is 32.2. The summed E-state index contributed by atoms with van der Waals surface area (Å²) in [5.41, 5.74) is 4.34. The first kappa shape index (κ1) is 29.1. The fourth-order valence-electron chi connectivity index (χ4n) is 4.71. The van der Waals surface area contributed by atoms with Crippen molar-refractivity contribution in [3.8, 4) is 11.3 Å². The Balaban J connectivity index is 1.35. The quantitative estimate of drug-likeness (QED) is 0.270. The van der Waals surface area contributed by atoms with Crippen molar-refractivity contribution in [3.63, 3.8) is 0 Å². The van der Waals surface area contributed by atoms with Crippen LogP contribution in [0.4, 0.5) is 17.2 Å². The van der Waals surface area contributed by atoms with Gasteiger partial charge in [-0.15, -0.1) is 11.8 Å². The molecule has 42 heavy (non-hydrogen) atoms. The summed E-state index contributed by atoms with van der Waals surface area (Å²) >= 11 is 1.73. The molecule has 3 aromatic carbocycles. The third-order valence-corrected chi connectivity index (χ3v) is 7.94. The predicted molar refractivity (Wildman–Crippen MR) is 167 cm³/mol. The fourth-order valence-corrected chi connectivity index (χ4v) is 5.37. The Kier molecular flexibility index (Phi) is 9.04. The van der Waals surface area contributed by atoms with Gasteiger partial charge in [-0.05, 0) is 72.8 Å². The Morgan fingerprint density at radius 2 is 1.67 bits per heavy atom. The van der Waals surface area contributed by atoms with Gasteiger partial charge in [0.05, 0.1) is 18.9 Å². The Hall–Kier alpha value is -4.41. The second-order valence-electron chi connectivity index (χ2n) is 9.89. The molecule has 0 spiro atoms. The summed E-state index contributed by atoms with van der Waals surface area (Å²) in [6.45, 7) is 6.22. The highest BCUT2D eigenvalue weighted by Crippen LogP contribution is 2.28. The van der Waals surface area contributed by atoms with Gasteiger partial charge in [-0.3, -0.25) is 14.4 Å². The van der Waals surface area contributed by atoms with Crippen LogP contribution in [-0.4, -0.2) is 58.3 Å². The summed E-state index contributed by atoms with van der Waals surface area (Å²) in [6.07, 6.45) is 1.68. The maximum Gasteiger partial charge on any atom is 0.293 e. The number of hydrogen-bond acceptors (Lipinski definition) is 7. The van der Waals surface area contributed by atoms with E-state index in [9.17, 15) is 14.4 Å². The molecule has 5 rings (SSSR count). The molecular weight excluding hydrogens is 550 g/mol. The van der Waals surface area contributed by atoms with Crippen LogP contribution in [0.3, 0.4) is 0 Å². The van der Waals surface area contributed by atoms with Gasteiger partial charge < -0.3 is 24.8 Å². The van der Waals surface area contributed by atoms with Crippen LogP contribution in [0.1, 0.15) is 33.2 Å². The van der Waals surface area contributed by atoms with Crippen LogP contribution >= 0.6 is 11.8 Å². The SMILES string of the molecule is CCSc1ccc(C(=O)Nc2cccc(-c3cn(C)c(=O)c(Nc4ccc(C(=O)N5CCOCC5)cc4)n3)c2C)cc1. The zero-order chi connectivity index (χ0) is 29.6. The average molecular weight is 584 g/mol. The Morgan fingerprint density at radius 3 is 2.36 bits per heavy atom. The smallest absolute Gasteiger partial charge is 0.293 e. The lowest BCUT2D eigenvalue weighted by Gasteiger charge is -2.26. The number of nitrogens with zero attached hydrogens (tertiary/aromatic N) is 3. The number of rotatable bonds is 8. The summed E-state index contributed by atoms with van der Waals surface area (Å²) in [7, 11) is 1.67. The van der Waals surface area contributed by atoms with Crippen LogP contribution < -0.4 is 16.2 Å². The number of morpholine rings is 1. The molecule has 1 aliphatic rings. The molecule has 216 valence electrons. The van der Waals surface area contributed by atoms with Crippen LogP contribution in [0.2, 0.25) is 0 Å². The number of anilines is 3. The highest BCUT2D eigenvalue weighted by molar-refractivity contribution is 7.99. The van der Waals surface area contributed by atoms with Crippen LogP contribution in [0, 0.1) is 6.92 Å². The van der Waals surface area contributed by atoms with Crippen molar-refractivity contribution in [1.82, 2.24) is 14.5 Å². The van der Waals surface area contributed by atoms with Crippen molar-refractivity contribution >= 4 is 40.8 Å². The van der Waals surface area contributed by atoms with Gasteiger partial charge in [0.15, 0.2) is 5.82 Å². The Labute approximate surface area is 248 Å². The molecule has 1 saturated heterocycles. The van der Waals surface area contributed by atoms with Crippen LogP contribution in [0.5, 0.6) is 0 Å².